The van der Waals surface area contributed by atoms with E-state index in [0.29, 0.717) is 42.3 Å². The molecule has 0 bridgehead atoms. The first-order valence-electron chi connectivity index (χ1n) is 13.4. The molecule has 2 amide bonds. The number of hydrogen-bond donors (Lipinski definition) is 4. The van der Waals surface area contributed by atoms with E-state index in [0.717, 1.165) is 56.3 Å². The third-order valence-corrected chi connectivity index (χ3v) is 7.30. The van der Waals surface area contributed by atoms with E-state index in [-0.39, 0.29) is 17.6 Å². The molecule has 2 aliphatic heterocycles. The fourth-order valence-corrected chi connectivity index (χ4v) is 5.11. The molecular formula is C29H38N6O4. The molecule has 1 unspecified atom stereocenters. The Morgan fingerprint density at radius 2 is 1.87 bits per heavy atom. The summed E-state index contributed by atoms with van der Waals surface area (Å²) in [6.45, 7) is 9.00. The number of nitrogens with zero attached hydrogens (tertiary/aromatic N) is 2. The van der Waals surface area contributed by atoms with Gasteiger partial charge in [0.1, 0.15) is 0 Å². The molecule has 0 aromatic heterocycles. The smallest absolute Gasteiger partial charge is 0.291 e. The first-order chi connectivity index (χ1) is 18.7. The highest BCUT2D eigenvalue weighted by atomic mass is 16.5. The monoisotopic (exact) mass is 534 g/mol. The van der Waals surface area contributed by atoms with Gasteiger partial charge < -0.3 is 31.7 Å². The van der Waals surface area contributed by atoms with E-state index in [1.807, 2.05) is 19.1 Å². The fraction of sp³-hybridized carbons (Fsp3) is 0.414. The number of hydrogen-bond acceptors (Lipinski definition) is 8. The quantitative estimate of drug-likeness (QED) is 0.218. The lowest BCUT2D eigenvalue weighted by atomic mass is 10.0. The van der Waals surface area contributed by atoms with Gasteiger partial charge >= 0.3 is 0 Å². The van der Waals surface area contributed by atoms with E-state index >= 15 is 0 Å². The van der Waals surface area contributed by atoms with Gasteiger partial charge in [-0.05, 0) is 68.8 Å². The zero-order chi connectivity index (χ0) is 27.9. The van der Waals surface area contributed by atoms with Gasteiger partial charge in [-0.1, -0.05) is 13.0 Å². The van der Waals surface area contributed by atoms with Crippen molar-refractivity contribution in [2.75, 3.05) is 61.9 Å². The van der Waals surface area contributed by atoms with Gasteiger partial charge in [-0.25, -0.2) is 0 Å². The zero-order valence-electron chi connectivity index (χ0n) is 22.7. The number of morpholine rings is 1. The molecule has 0 spiro atoms. The highest BCUT2D eigenvalue weighted by Gasteiger charge is 2.24. The maximum atomic E-state index is 13.1. The van der Waals surface area contributed by atoms with Gasteiger partial charge in [0.25, 0.3) is 11.8 Å². The standard InChI is InChI=1S/C29H38N6O4/c1-3-34-8-4-5-23(34)18-32-29(38)27(36)17-26(31)25-16-22(7-6-19(25)2)33-28(37)20-13-21(30)15-24(14-20)35-9-11-39-12-10-35/h6-7,13-17,23H,3-5,8-12,18,30-31H2,1-2H3,(H,32,38)(H,33,37). The highest BCUT2D eigenvalue weighted by Crippen LogP contribution is 2.24. The van der Waals surface area contributed by atoms with Crippen molar-refractivity contribution in [3.63, 3.8) is 0 Å². The number of carbonyl (C=O) groups is 3. The summed E-state index contributed by atoms with van der Waals surface area (Å²) in [4.78, 5) is 42.5. The predicted octanol–water partition coefficient (Wildman–Crippen LogP) is 2.14. The molecule has 2 heterocycles. The van der Waals surface area contributed by atoms with Crippen LogP contribution in [0.3, 0.4) is 0 Å². The molecule has 2 saturated heterocycles. The van der Waals surface area contributed by atoms with E-state index in [9.17, 15) is 14.4 Å². The van der Waals surface area contributed by atoms with Crippen LogP contribution in [0.4, 0.5) is 17.1 Å². The number of amides is 2. The molecule has 2 aliphatic rings. The lowest BCUT2D eigenvalue weighted by molar-refractivity contribution is -0.135. The molecule has 208 valence electrons. The topological polar surface area (TPSA) is 143 Å². The number of likely N-dealkylation sites (tertiary alicyclic amines) is 1. The van der Waals surface area contributed by atoms with E-state index in [2.05, 4.69) is 27.4 Å². The van der Waals surface area contributed by atoms with Gasteiger partial charge in [0.2, 0.25) is 5.78 Å². The number of nitrogens with one attached hydrogen (secondary N) is 2. The van der Waals surface area contributed by atoms with Crippen molar-refractivity contribution in [1.29, 1.82) is 0 Å². The summed E-state index contributed by atoms with van der Waals surface area (Å²) in [6.07, 6.45) is 3.23. The van der Waals surface area contributed by atoms with Crippen LogP contribution in [0, 0.1) is 6.92 Å². The van der Waals surface area contributed by atoms with Crippen LogP contribution in [0.1, 0.15) is 41.3 Å². The van der Waals surface area contributed by atoms with Gasteiger partial charge in [0.05, 0.1) is 13.2 Å². The van der Waals surface area contributed by atoms with Crippen molar-refractivity contribution >= 4 is 40.4 Å². The Hall–Kier alpha value is -3.89. The van der Waals surface area contributed by atoms with Gasteiger partial charge in [0, 0.05) is 65.6 Å². The van der Waals surface area contributed by atoms with E-state index < -0.39 is 11.7 Å². The van der Waals surface area contributed by atoms with Crippen LogP contribution in [-0.4, -0.2) is 74.5 Å². The van der Waals surface area contributed by atoms with Crippen LogP contribution in [0.2, 0.25) is 0 Å². The van der Waals surface area contributed by atoms with Crippen molar-refractivity contribution in [3.8, 4) is 0 Å². The molecule has 2 aromatic carbocycles. The second-order valence-electron chi connectivity index (χ2n) is 10.00. The second-order valence-corrected chi connectivity index (χ2v) is 10.00. The molecule has 1 atom stereocenters. The summed E-state index contributed by atoms with van der Waals surface area (Å²) < 4.78 is 5.41. The van der Waals surface area contributed by atoms with Crippen LogP contribution in [0.25, 0.3) is 5.70 Å². The van der Waals surface area contributed by atoms with Gasteiger partial charge in [-0.2, -0.15) is 0 Å². The lowest BCUT2D eigenvalue weighted by Crippen LogP contribution is -2.42. The maximum Gasteiger partial charge on any atom is 0.291 e. The number of ether oxygens (including phenoxy) is 1. The minimum absolute atomic E-state index is 0.151. The van der Waals surface area contributed by atoms with Gasteiger partial charge in [-0.15, -0.1) is 0 Å². The number of likely N-dealkylation sites (N-methyl/N-ethyl adjacent to an activating group) is 1. The molecular weight excluding hydrogens is 496 g/mol. The minimum atomic E-state index is -0.710. The van der Waals surface area contributed by atoms with Crippen LogP contribution in [-0.2, 0) is 14.3 Å². The first kappa shape index (κ1) is 28.1. The highest BCUT2D eigenvalue weighted by molar-refractivity contribution is 6.41. The Balaban J connectivity index is 1.43. The Morgan fingerprint density at radius 3 is 2.62 bits per heavy atom. The fourth-order valence-electron chi connectivity index (χ4n) is 5.11. The summed E-state index contributed by atoms with van der Waals surface area (Å²) in [5.74, 6) is -1.71. The molecule has 0 saturated carbocycles. The Kier molecular flexibility index (Phi) is 9.21. The molecule has 39 heavy (non-hydrogen) atoms. The third-order valence-electron chi connectivity index (χ3n) is 7.30. The Labute approximate surface area is 229 Å². The van der Waals surface area contributed by atoms with Gasteiger partial charge in [-0.3, -0.25) is 19.3 Å². The van der Waals surface area contributed by atoms with Gasteiger partial charge in [0.15, 0.2) is 0 Å². The van der Waals surface area contributed by atoms with E-state index in [1.165, 1.54) is 0 Å². The van der Waals surface area contributed by atoms with E-state index in [4.69, 9.17) is 16.2 Å². The number of aryl methyl sites for hydroxylation is 1. The normalized spacial score (nSPS) is 18.2. The van der Waals surface area contributed by atoms with Crippen molar-refractivity contribution < 1.29 is 19.1 Å². The SMILES string of the molecule is CCN1CCCC1CNC(=O)C(=O)C=C(N)c1cc(NC(=O)c2cc(N)cc(N3CCOCC3)c2)ccc1C. The van der Waals surface area contributed by atoms with E-state index in [1.54, 1.807) is 24.3 Å². The average Bonchev–Trinajstić information content (AvgIpc) is 3.40. The summed E-state index contributed by atoms with van der Waals surface area (Å²) in [6, 6.07) is 10.8. The number of anilines is 3. The minimum Gasteiger partial charge on any atom is -0.399 e. The predicted molar refractivity (Wildman–Crippen MR) is 153 cm³/mol. The number of carbonyl (C=O) groups excluding carboxylic acids is 3. The van der Waals surface area contributed by atoms with Crippen molar-refractivity contribution in [2.24, 2.45) is 5.73 Å². The largest absolute Gasteiger partial charge is 0.399 e. The summed E-state index contributed by atoms with van der Waals surface area (Å²) in [5, 5.41) is 5.63. The lowest BCUT2D eigenvalue weighted by Gasteiger charge is -2.29. The zero-order valence-corrected chi connectivity index (χ0v) is 22.7. The molecule has 6 N–H and O–H groups in total. The van der Waals surface area contributed by atoms with Crippen LogP contribution in [0.15, 0.2) is 42.5 Å². The first-order valence-corrected chi connectivity index (χ1v) is 13.4. The molecule has 4 rings (SSSR count). The Bertz CT molecular complexity index is 1250. The maximum absolute atomic E-state index is 13.1. The Morgan fingerprint density at radius 1 is 1.10 bits per heavy atom. The summed E-state index contributed by atoms with van der Waals surface area (Å²) in [7, 11) is 0. The van der Waals surface area contributed by atoms with Crippen LogP contribution >= 0.6 is 0 Å². The molecule has 2 fully saturated rings. The summed E-state index contributed by atoms with van der Waals surface area (Å²) in [5.41, 5.74) is 16.1. The summed E-state index contributed by atoms with van der Waals surface area (Å²) >= 11 is 0. The average molecular weight is 535 g/mol. The van der Waals surface area contributed by atoms with Crippen LogP contribution in [0.5, 0.6) is 0 Å². The molecule has 0 aliphatic carbocycles. The second kappa shape index (κ2) is 12.8. The number of rotatable bonds is 9. The molecule has 0 radical (unpaired) electrons. The molecule has 10 heteroatoms. The van der Waals surface area contributed by atoms with Crippen molar-refractivity contribution in [3.05, 3.63) is 59.2 Å². The van der Waals surface area contributed by atoms with Crippen molar-refractivity contribution in [2.45, 2.75) is 32.7 Å². The molecule has 10 nitrogen and oxygen atoms in total. The molecule has 2 aromatic rings. The third kappa shape index (κ3) is 7.15. The number of ketones is 1. The van der Waals surface area contributed by atoms with Crippen LogP contribution < -0.4 is 27.0 Å². The number of nitrogen functional groups attached to an aromatic ring is 1. The van der Waals surface area contributed by atoms with Crippen molar-refractivity contribution in [1.82, 2.24) is 10.2 Å². The number of nitrogens with two attached hydrogens (primary N) is 2. The number of benzene rings is 2.